The van der Waals surface area contributed by atoms with Crippen molar-refractivity contribution in [3.8, 4) is 11.1 Å². The van der Waals surface area contributed by atoms with Crippen LogP contribution < -0.4 is 5.32 Å². The summed E-state index contributed by atoms with van der Waals surface area (Å²) in [5, 5.41) is 2.91. The Kier molecular flexibility index (Phi) is 5.06. The molecule has 4 nitrogen and oxygen atoms in total. The van der Waals surface area contributed by atoms with Gasteiger partial charge >= 0.3 is 6.09 Å². The molecule has 0 aromatic heterocycles. The fourth-order valence-electron chi connectivity index (χ4n) is 4.73. The average Bonchev–Trinajstić information content (AvgIpc) is 2.82. The number of carbonyl (C=O) groups excluding carboxylic acids is 1. The van der Waals surface area contributed by atoms with Crippen LogP contribution in [0.3, 0.4) is 0 Å². The lowest BCUT2D eigenvalue weighted by Crippen LogP contribution is -2.56. The van der Waals surface area contributed by atoms with Crippen molar-refractivity contribution >= 4 is 23.4 Å². The third-order valence-corrected chi connectivity index (χ3v) is 6.74. The van der Waals surface area contributed by atoms with Crippen molar-refractivity contribution in [2.45, 2.75) is 43.9 Å². The fourth-order valence-corrected chi connectivity index (χ4v) is 4.91. The maximum atomic E-state index is 13.5. The normalized spacial score (nSPS) is 25.4. The van der Waals surface area contributed by atoms with Gasteiger partial charge in [-0.1, -0.05) is 35.9 Å². The first-order chi connectivity index (χ1) is 13.3. The van der Waals surface area contributed by atoms with E-state index in [1.807, 2.05) is 18.2 Å². The van der Waals surface area contributed by atoms with Crippen LogP contribution in [0.15, 0.2) is 42.5 Å². The van der Waals surface area contributed by atoms with E-state index in [1.165, 1.54) is 18.9 Å². The molecule has 1 N–H and O–H groups in total. The Balaban J connectivity index is 1.46. The van der Waals surface area contributed by atoms with Gasteiger partial charge in [-0.15, -0.1) is 0 Å². The Labute approximate surface area is 169 Å². The van der Waals surface area contributed by atoms with Crippen molar-refractivity contribution < 1.29 is 18.4 Å². The molecular weight excluding hydrogens is 379 g/mol. The number of rotatable bonds is 3. The van der Waals surface area contributed by atoms with Gasteiger partial charge in [-0.25, -0.2) is 9.18 Å². The van der Waals surface area contributed by atoms with Crippen molar-refractivity contribution in [1.82, 2.24) is 0 Å². The lowest BCUT2D eigenvalue weighted by Gasteiger charge is -2.43. The van der Waals surface area contributed by atoms with E-state index in [4.69, 9.17) is 16.3 Å². The molecule has 0 radical (unpaired) electrons. The highest BCUT2D eigenvalue weighted by atomic mass is 35.5. The van der Waals surface area contributed by atoms with Crippen LogP contribution >= 0.6 is 11.6 Å². The zero-order valence-electron chi connectivity index (χ0n) is 16.1. The molecule has 28 heavy (non-hydrogen) atoms. The molecule has 0 saturated carbocycles. The largest absolute Gasteiger partial charge is 0.445 e. The molecule has 6 heteroatoms. The third kappa shape index (κ3) is 3.61. The van der Waals surface area contributed by atoms with Gasteiger partial charge in [0.25, 0.3) is 0 Å². The summed E-state index contributed by atoms with van der Waals surface area (Å²) < 4.78 is 20.3. The van der Waals surface area contributed by atoms with Gasteiger partial charge in [0, 0.05) is 31.2 Å². The first-order valence-electron chi connectivity index (χ1n) is 9.70. The molecule has 2 aromatic rings. The Bertz CT molecular complexity index is 886. The second-order valence-electron chi connectivity index (χ2n) is 8.31. The first-order valence-corrected chi connectivity index (χ1v) is 10.1. The van der Waals surface area contributed by atoms with Crippen LogP contribution in [-0.2, 0) is 4.74 Å². The highest BCUT2D eigenvalue weighted by Crippen LogP contribution is 2.40. The minimum absolute atomic E-state index is 0.0453. The zero-order valence-corrected chi connectivity index (χ0v) is 16.9. The van der Waals surface area contributed by atoms with Crippen LogP contribution in [0.5, 0.6) is 0 Å². The predicted molar refractivity (Wildman–Crippen MR) is 109 cm³/mol. The summed E-state index contributed by atoms with van der Waals surface area (Å²) in [6.45, 7) is 0. The second kappa shape index (κ2) is 7.37. The number of nitrogens with zero attached hydrogens (tertiary/aromatic N) is 1. The van der Waals surface area contributed by atoms with Crippen LogP contribution in [0.25, 0.3) is 11.1 Å². The summed E-state index contributed by atoms with van der Waals surface area (Å²) in [5.41, 5.74) is 2.12. The number of quaternary nitrogens is 1. The molecule has 2 fully saturated rings. The lowest BCUT2D eigenvalue weighted by molar-refractivity contribution is -0.931. The van der Waals surface area contributed by atoms with Crippen molar-refractivity contribution in [3.63, 3.8) is 0 Å². The molecule has 4 rings (SSSR count). The molecule has 2 atom stereocenters. The topological polar surface area (TPSA) is 38.3 Å². The van der Waals surface area contributed by atoms with Crippen molar-refractivity contribution in [2.75, 3.05) is 19.4 Å². The number of ether oxygens (including phenoxy) is 1. The molecule has 0 spiro atoms. The van der Waals surface area contributed by atoms with Gasteiger partial charge in [0.2, 0.25) is 0 Å². The number of piperidine rings is 1. The number of amides is 1. The number of para-hydroxylation sites is 1. The number of benzene rings is 2. The molecule has 2 unspecified atom stereocenters. The SMILES string of the molecule is C[N+]1(C)C2CCC1CC(OC(=O)Nc1ccccc1-c1ccc(F)c(Cl)c1)C2. The smallest absolute Gasteiger partial charge is 0.411 e. The minimum Gasteiger partial charge on any atom is -0.445 e. The maximum absolute atomic E-state index is 13.5. The van der Waals surface area contributed by atoms with Crippen LogP contribution in [0.4, 0.5) is 14.9 Å². The summed E-state index contributed by atoms with van der Waals surface area (Å²) in [6, 6.07) is 13.0. The van der Waals surface area contributed by atoms with E-state index in [9.17, 15) is 9.18 Å². The highest BCUT2D eigenvalue weighted by Gasteiger charge is 2.49. The molecular formula is C22H25ClFN2O2+. The monoisotopic (exact) mass is 403 g/mol. The molecule has 0 aliphatic carbocycles. The van der Waals surface area contributed by atoms with E-state index >= 15 is 0 Å². The summed E-state index contributed by atoms with van der Waals surface area (Å²) in [6.07, 6.45) is 3.73. The molecule has 2 aromatic carbocycles. The molecule has 1 amide bonds. The van der Waals surface area contributed by atoms with E-state index in [0.717, 1.165) is 28.5 Å². The number of anilines is 1. The second-order valence-corrected chi connectivity index (χ2v) is 8.72. The van der Waals surface area contributed by atoms with Crippen molar-refractivity contribution in [1.29, 1.82) is 0 Å². The van der Waals surface area contributed by atoms with Gasteiger partial charge in [-0.2, -0.15) is 0 Å². The quantitative estimate of drug-likeness (QED) is 0.690. The van der Waals surface area contributed by atoms with E-state index in [1.54, 1.807) is 18.2 Å². The van der Waals surface area contributed by atoms with Crippen LogP contribution in [-0.4, -0.2) is 42.9 Å². The average molecular weight is 404 g/mol. The highest BCUT2D eigenvalue weighted by molar-refractivity contribution is 6.31. The van der Waals surface area contributed by atoms with Gasteiger partial charge in [0.15, 0.2) is 0 Å². The molecule has 148 valence electrons. The fraction of sp³-hybridized carbons (Fsp3) is 0.409. The van der Waals surface area contributed by atoms with Crippen LogP contribution in [0, 0.1) is 5.82 Å². The molecule has 2 bridgehead atoms. The lowest BCUT2D eigenvalue weighted by atomic mass is 9.98. The first kappa shape index (κ1) is 19.2. The van der Waals surface area contributed by atoms with Crippen LogP contribution in [0.1, 0.15) is 25.7 Å². The standard InChI is InChI=1S/C22H24ClFN2O2/c1-26(2)15-8-9-16(26)13-17(12-15)28-22(27)25-21-6-4-3-5-18(21)14-7-10-20(24)19(23)11-14/h3-7,10-11,15-17H,8-9,12-13H2,1-2H3/p+1. The van der Waals surface area contributed by atoms with E-state index < -0.39 is 11.9 Å². The predicted octanol–water partition coefficient (Wildman–Crippen LogP) is 5.46. The van der Waals surface area contributed by atoms with Gasteiger partial charge in [0.1, 0.15) is 11.9 Å². The number of hydrogen-bond acceptors (Lipinski definition) is 2. The van der Waals surface area contributed by atoms with Crippen molar-refractivity contribution in [2.24, 2.45) is 0 Å². The Morgan fingerprint density at radius 3 is 2.50 bits per heavy atom. The van der Waals surface area contributed by atoms with E-state index in [-0.39, 0.29) is 11.1 Å². The third-order valence-electron chi connectivity index (χ3n) is 6.45. The number of carbonyl (C=O) groups is 1. The van der Waals surface area contributed by atoms with Gasteiger partial charge < -0.3 is 9.22 Å². The van der Waals surface area contributed by atoms with E-state index in [0.29, 0.717) is 17.8 Å². The Morgan fingerprint density at radius 2 is 1.82 bits per heavy atom. The molecule has 2 heterocycles. The maximum Gasteiger partial charge on any atom is 0.411 e. The summed E-state index contributed by atoms with van der Waals surface area (Å²) in [7, 11) is 4.56. The number of fused-ring (bicyclic) bond motifs is 2. The van der Waals surface area contributed by atoms with Gasteiger partial charge in [-0.05, 0) is 23.8 Å². The van der Waals surface area contributed by atoms with Gasteiger partial charge in [-0.3, -0.25) is 5.32 Å². The van der Waals surface area contributed by atoms with E-state index in [2.05, 4.69) is 19.4 Å². The number of nitrogens with one attached hydrogen (secondary N) is 1. The molecule has 2 saturated heterocycles. The number of hydrogen-bond donors (Lipinski definition) is 1. The summed E-state index contributed by atoms with van der Waals surface area (Å²) >= 11 is 5.92. The van der Waals surface area contributed by atoms with Crippen molar-refractivity contribution in [3.05, 3.63) is 53.3 Å². The molecule has 2 aliphatic heterocycles. The summed E-state index contributed by atoms with van der Waals surface area (Å²) in [5.74, 6) is -0.469. The number of halogens is 2. The van der Waals surface area contributed by atoms with Crippen LogP contribution in [0.2, 0.25) is 5.02 Å². The minimum atomic E-state index is -0.469. The van der Waals surface area contributed by atoms with Gasteiger partial charge in [0.05, 0.1) is 36.9 Å². The zero-order chi connectivity index (χ0) is 19.9. The molecule has 2 aliphatic rings. The Morgan fingerprint density at radius 1 is 1.14 bits per heavy atom. The summed E-state index contributed by atoms with van der Waals surface area (Å²) in [4.78, 5) is 12.6. The Hall–Kier alpha value is -2.11.